The largest absolute Gasteiger partial charge is 0.391 e. The summed E-state index contributed by atoms with van der Waals surface area (Å²) in [6.45, 7) is 3.65. The summed E-state index contributed by atoms with van der Waals surface area (Å²) in [5.74, 6) is 0.119. The van der Waals surface area contributed by atoms with Gasteiger partial charge in [0.1, 0.15) is 0 Å². The third-order valence-corrected chi connectivity index (χ3v) is 2.81. The number of aliphatic hydroxyl groups excluding tert-OH is 1. The van der Waals surface area contributed by atoms with Crippen LogP contribution in [0.1, 0.15) is 6.42 Å². The highest BCUT2D eigenvalue weighted by Crippen LogP contribution is 2.10. The molecule has 1 amide bonds. The number of nitrogens with zero attached hydrogens (tertiary/aromatic N) is 1. The number of piperazine rings is 1. The number of β-amino-alcohol motifs (C(OH)–C–C–N with tert-alkyl or cyclic N) is 1. The van der Waals surface area contributed by atoms with Crippen molar-refractivity contribution in [3.05, 3.63) is 0 Å². The number of likely N-dealkylation sites (tertiary alicyclic amines) is 1. The average Bonchev–Trinajstić information content (AvgIpc) is 2.65. The molecule has 0 radical (unpaired) electrons. The van der Waals surface area contributed by atoms with Crippen LogP contribution in [0, 0.1) is 0 Å². The van der Waals surface area contributed by atoms with E-state index >= 15 is 0 Å². The van der Waals surface area contributed by atoms with Gasteiger partial charge in [0.15, 0.2) is 0 Å². The molecule has 0 spiro atoms. The van der Waals surface area contributed by atoms with Gasteiger partial charge in [-0.1, -0.05) is 0 Å². The monoisotopic (exact) mass is 199 g/mol. The summed E-state index contributed by atoms with van der Waals surface area (Å²) in [7, 11) is 0. The minimum atomic E-state index is -0.324. The van der Waals surface area contributed by atoms with Crippen molar-refractivity contribution in [1.82, 2.24) is 15.5 Å². The van der Waals surface area contributed by atoms with Crippen LogP contribution in [0.25, 0.3) is 0 Å². The van der Waals surface area contributed by atoms with Crippen LogP contribution in [0.3, 0.4) is 0 Å². The van der Waals surface area contributed by atoms with Crippen molar-refractivity contribution in [2.75, 3.05) is 32.7 Å². The number of carbonyl (C=O) groups is 1. The molecule has 2 unspecified atom stereocenters. The molecule has 0 aromatic rings. The Kier molecular flexibility index (Phi) is 3.00. The molecule has 14 heavy (non-hydrogen) atoms. The number of aliphatic hydroxyl groups is 1. The summed E-state index contributed by atoms with van der Waals surface area (Å²) in [4.78, 5) is 13.6. The van der Waals surface area contributed by atoms with Crippen molar-refractivity contribution in [3.8, 4) is 0 Å². The Morgan fingerprint density at radius 2 is 2.29 bits per heavy atom. The Labute approximate surface area is 83.5 Å². The summed E-state index contributed by atoms with van der Waals surface area (Å²) >= 11 is 0. The zero-order valence-corrected chi connectivity index (χ0v) is 8.20. The molecule has 5 heteroatoms. The third-order valence-electron chi connectivity index (χ3n) is 2.81. The summed E-state index contributed by atoms with van der Waals surface area (Å²) < 4.78 is 0. The molecule has 0 aliphatic carbocycles. The van der Waals surface area contributed by atoms with Crippen LogP contribution in [0.5, 0.6) is 0 Å². The molecule has 5 nitrogen and oxygen atoms in total. The second-order valence-electron chi connectivity index (χ2n) is 3.94. The zero-order chi connectivity index (χ0) is 9.97. The standard InChI is InChI=1S/C9H17N3O2/c13-7-1-4-12(6-7)9(14)8-5-10-2-3-11-8/h7-8,10-11,13H,1-6H2. The molecular weight excluding hydrogens is 182 g/mol. The number of carbonyl (C=O) groups excluding carboxylic acids is 1. The lowest BCUT2D eigenvalue weighted by Gasteiger charge is -2.27. The van der Waals surface area contributed by atoms with Crippen molar-refractivity contribution >= 4 is 5.91 Å². The summed E-state index contributed by atoms with van der Waals surface area (Å²) in [6.07, 6.45) is 0.391. The highest BCUT2D eigenvalue weighted by atomic mass is 16.3. The first-order valence-electron chi connectivity index (χ1n) is 5.18. The van der Waals surface area contributed by atoms with Gasteiger partial charge in [-0.3, -0.25) is 4.79 Å². The molecule has 3 N–H and O–H groups in total. The Bertz CT molecular complexity index is 209. The highest BCUT2D eigenvalue weighted by Gasteiger charge is 2.30. The fourth-order valence-corrected chi connectivity index (χ4v) is 1.99. The third kappa shape index (κ3) is 2.05. The zero-order valence-electron chi connectivity index (χ0n) is 8.20. The normalized spacial score (nSPS) is 33.4. The second-order valence-corrected chi connectivity index (χ2v) is 3.94. The predicted molar refractivity (Wildman–Crippen MR) is 51.9 cm³/mol. The van der Waals surface area contributed by atoms with Crippen molar-refractivity contribution < 1.29 is 9.90 Å². The number of rotatable bonds is 1. The number of amides is 1. The molecule has 2 fully saturated rings. The lowest BCUT2D eigenvalue weighted by molar-refractivity contribution is -0.132. The Morgan fingerprint density at radius 3 is 2.86 bits per heavy atom. The van der Waals surface area contributed by atoms with E-state index in [1.807, 2.05) is 0 Å². The van der Waals surface area contributed by atoms with E-state index in [-0.39, 0.29) is 18.1 Å². The van der Waals surface area contributed by atoms with Crippen LogP contribution in [-0.4, -0.2) is 60.8 Å². The van der Waals surface area contributed by atoms with Crippen LogP contribution in [-0.2, 0) is 4.79 Å². The van der Waals surface area contributed by atoms with Gasteiger partial charge in [0.25, 0.3) is 0 Å². The average molecular weight is 199 g/mol. The second kappa shape index (κ2) is 4.25. The van der Waals surface area contributed by atoms with E-state index in [9.17, 15) is 9.90 Å². The molecule has 2 aliphatic heterocycles. The highest BCUT2D eigenvalue weighted by molar-refractivity contribution is 5.82. The van der Waals surface area contributed by atoms with E-state index in [1.165, 1.54) is 0 Å². The van der Waals surface area contributed by atoms with Gasteiger partial charge < -0.3 is 20.6 Å². The molecule has 2 saturated heterocycles. The lowest BCUT2D eigenvalue weighted by atomic mass is 10.2. The maximum atomic E-state index is 11.9. The van der Waals surface area contributed by atoms with Crippen molar-refractivity contribution in [3.63, 3.8) is 0 Å². The van der Waals surface area contributed by atoms with Crippen molar-refractivity contribution in [2.24, 2.45) is 0 Å². The van der Waals surface area contributed by atoms with Gasteiger partial charge in [-0.2, -0.15) is 0 Å². The number of nitrogens with one attached hydrogen (secondary N) is 2. The molecule has 2 heterocycles. The van der Waals surface area contributed by atoms with Crippen molar-refractivity contribution in [2.45, 2.75) is 18.6 Å². The van der Waals surface area contributed by atoms with Crippen molar-refractivity contribution in [1.29, 1.82) is 0 Å². The Balaban J connectivity index is 1.87. The van der Waals surface area contributed by atoms with E-state index in [0.717, 1.165) is 13.1 Å². The van der Waals surface area contributed by atoms with E-state index < -0.39 is 0 Å². The first-order valence-corrected chi connectivity index (χ1v) is 5.18. The SMILES string of the molecule is O=C(C1CNCCN1)N1CCC(O)C1. The molecule has 0 saturated carbocycles. The molecule has 0 bridgehead atoms. The molecule has 80 valence electrons. The maximum Gasteiger partial charge on any atom is 0.241 e. The predicted octanol–water partition coefficient (Wildman–Crippen LogP) is -1.86. The maximum absolute atomic E-state index is 11.9. The molecule has 0 aromatic carbocycles. The van der Waals surface area contributed by atoms with Crippen LogP contribution >= 0.6 is 0 Å². The molecular formula is C9H17N3O2. The van der Waals surface area contributed by atoms with E-state index in [4.69, 9.17) is 0 Å². The first kappa shape index (κ1) is 9.89. The molecule has 0 aromatic heterocycles. The van der Waals surface area contributed by atoms with Crippen LogP contribution in [0.4, 0.5) is 0 Å². The van der Waals surface area contributed by atoms with Crippen LogP contribution in [0.2, 0.25) is 0 Å². The van der Waals surface area contributed by atoms with Gasteiger partial charge in [0.2, 0.25) is 5.91 Å². The quantitative estimate of drug-likeness (QED) is 0.463. The molecule has 2 rings (SSSR count). The first-order chi connectivity index (χ1) is 6.77. The number of hydrogen-bond donors (Lipinski definition) is 3. The topological polar surface area (TPSA) is 64.6 Å². The molecule has 2 atom stereocenters. The fraction of sp³-hybridized carbons (Fsp3) is 0.889. The lowest BCUT2D eigenvalue weighted by Crippen LogP contribution is -2.56. The summed E-state index contributed by atoms with van der Waals surface area (Å²) in [5, 5.41) is 15.7. The van der Waals surface area contributed by atoms with E-state index in [2.05, 4.69) is 10.6 Å². The number of hydrogen-bond acceptors (Lipinski definition) is 4. The minimum Gasteiger partial charge on any atom is -0.391 e. The van der Waals surface area contributed by atoms with Gasteiger partial charge in [-0.05, 0) is 6.42 Å². The van der Waals surface area contributed by atoms with Crippen LogP contribution < -0.4 is 10.6 Å². The minimum absolute atomic E-state index is 0.103. The van der Waals surface area contributed by atoms with E-state index in [0.29, 0.717) is 26.1 Å². The fourth-order valence-electron chi connectivity index (χ4n) is 1.99. The van der Waals surface area contributed by atoms with E-state index in [1.54, 1.807) is 4.90 Å². The smallest absolute Gasteiger partial charge is 0.241 e. The summed E-state index contributed by atoms with van der Waals surface area (Å²) in [6, 6.07) is -0.103. The van der Waals surface area contributed by atoms with Gasteiger partial charge >= 0.3 is 0 Å². The van der Waals surface area contributed by atoms with Crippen LogP contribution in [0.15, 0.2) is 0 Å². The summed E-state index contributed by atoms with van der Waals surface area (Å²) in [5.41, 5.74) is 0. The van der Waals surface area contributed by atoms with Gasteiger partial charge in [0, 0.05) is 32.7 Å². The van der Waals surface area contributed by atoms with Gasteiger partial charge in [0.05, 0.1) is 12.1 Å². The van der Waals surface area contributed by atoms with Gasteiger partial charge in [-0.25, -0.2) is 0 Å². The van der Waals surface area contributed by atoms with Gasteiger partial charge in [-0.15, -0.1) is 0 Å². The Morgan fingerprint density at radius 1 is 1.43 bits per heavy atom. The molecule has 2 aliphatic rings. The Hall–Kier alpha value is -0.650.